The summed E-state index contributed by atoms with van der Waals surface area (Å²) in [5, 5.41) is 15.2. The molecule has 5 nitrogen and oxygen atoms in total. The maximum atomic E-state index is 10.8. The first-order valence-electron chi connectivity index (χ1n) is 6.28. The minimum absolute atomic E-state index is 0.240. The molecule has 1 atom stereocenters. The van der Waals surface area contributed by atoms with Crippen LogP contribution in [0.1, 0.15) is 18.5 Å². The standard InChI is InChI=1S/C12H21BrN4O/c1-16(2)5-6-17-11(10(13)7-15-17)12(18,8-14)9-3-4-9/h7,9,18H,3-6,8,14H2,1-2H3. The van der Waals surface area contributed by atoms with E-state index in [-0.39, 0.29) is 12.5 Å². The summed E-state index contributed by atoms with van der Waals surface area (Å²) in [6, 6.07) is 0. The van der Waals surface area contributed by atoms with Crippen LogP contribution in [0, 0.1) is 5.92 Å². The van der Waals surface area contributed by atoms with Gasteiger partial charge >= 0.3 is 0 Å². The third-order valence-corrected chi connectivity index (χ3v) is 4.11. The Hall–Kier alpha value is -0.430. The number of nitrogens with zero attached hydrogens (tertiary/aromatic N) is 3. The zero-order valence-electron chi connectivity index (χ0n) is 10.9. The zero-order chi connectivity index (χ0) is 13.3. The van der Waals surface area contributed by atoms with Crippen LogP contribution in [-0.4, -0.2) is 47.0 Å². The van der Waals surface area contributed by atoms with Crippen LogP contribution in [0.5, 0.6) is 0 Å². The molecule has 6 heteroatoms. The second-order valence-corrected chi connectivity index (χ2v) is 6.12. The number of likely N-dealkylation sites (N-methyl/N-ethyl adjacent to an activating group) is 1. The van der Waals surface area contributed by atoms with Gasteiger partial charge in [-0.15, -0.1) is 0 Å². The van der Waals surface area contributed by atoms with Crippen molar-refractivity contribution in [1.29, 1.82) is 0 Å². The Morgan fingerprint density at radius 3 is 2.78 bits per heavy atom. The summed E-state index contributed by atoms with van der Waals surface area (Å²) in [5.41, 5.74) is 5.70. The van der Waals surface area contributed by atoms with Crippen LogP contribution in [-0.2, 0) is 12.1 Å². The molecule has 18 heavy (non-hydrogen) atoms. The fourth-order valence-electron chi connectivity index (χ4n) is 2.27. The van der Waals surface area contributed by atoms with Gasteiger partial charge in [0.25, 0.3) is 0 Å². The van der Waals surface area contributed by atoms with E-state index in [2.05, 4.69) is 25.9 Å². The topological polar surface area (TPSA) is 67.3 Å². The van der Waals surface area contributed by atoms with Crippen molar-refractivity contribution in [3.05, 3.63) is 16.4 Å². The largest absolute Gasteiger partial charge is 0.382 e. The van der Waals surface area contributed by atoms with E-state index in [9.17, 15) is 5.11 Å². The molecule has 1 aromatic rings. The minimum Gasteiger partial charge on any atom is -0.382 e. The van der Waals surface area contributed by atoms with E-state index < -0.39 is 5.60 Å². The molecule has 2 rings (SSSR count). The number of nitrogens with two attached hydrogens (primary N) is 1. The molecule has 0 amide bonds. The van der Waals surface area contributed by atoms with E-state index in [1.165, 1.54) is 0 Å². The maximum Gasteiger partial charge on any atom is 0.122 e. The molecule has 0 aliphatic heterocycles. The van der Waals surface area contributed by atoms with Gasteiger partial charge in [0.2, 0.25) is 0 Å². The molecule has 1 aliphatic rings. The number of hydrogen-bond donors (Lipinski definition) is 2. The van der Waals surface area contributed by atoms with E-state index in [1.807, 2.05) is 18.8 Å². The Morgan fingerprint density at radius 1 is 1.61 bits per heavy atom. The lowest BCUT2D eigenvalue weighted by Crippen LogP contribution is -2.40. The van der Waals surface area contributed by atoms with E-state index in [0.717, 1.165) is 36.1 Å². The number of rotatable bonds is 6. The van der Waals surface area contributed by atoms with Gasteiger partial charge in [-0.05, 0) is 48.8 Å². The SMILES string of the molecule is CN(C)CCn1ncc(Br)c1C(O)(CN)C1CC1. The second-order valence-electron chi connectivity index (χ2n) is 5.27. The highest BCUT2D eigenvalue weighted by atomic mass is 79.9. The van der Waals surface area contributed by atoms with Crippen molar-refractivity contribution in [1.82, 2.24) is 14.7 Å². The Balaban J connectivity index is 2.27. The minimum atomic E-state index is -0.943. The lowest BCUT2D eigenvalue weighted by molar-refractivity contribution is 0.0122. The number of aromatic nitrogens is 2. The molecule has 0 saturated heterocycles. The smallest absolute Gasteiger partial charge is 0.122 e. The molecule has 1 heterocycles. The monoisotopic (exact) mass is 316 g/mol. The van der Waals surface area contributed by atoms with Crippen molar-refractivity contribution in [3.8, 4) is 0 Å². The van der Waals surface area contributed by atoms with E-state index in [0.29, 0.717) is 0 Å². The molecule has 0 radical (unpaired) electrons. The number of aliphatic hydroxyl groups is 1. The van der Waals surface area contributed by atoms with E-state index >= 15 is 0 Å². The Labute approximate surface area is 116 Å². The van der Waals surface area contributed by atoms with Crippen molar-refractivity contribution in [2.45, 2.75) is 25.0 Å². The summed E-state index contributed by atoms with van der Waals surface area (Å²) >= 11 is 3.48. The molecule has 3 N–H and O–H groups in total. The van der Waals surface area contributed by atoms with Crippen molar-refractivity contribution >= 4 is 15.9 Å². The second kappa shape index (κ2) is 5.28. The quantitative estimate of drug-likeness (QED) is 0.813. The molecule has 1 aromatic heterocycles. The van der Waals surface area contributed by atoms with Crippen molar-refractivity contribution in [3.63, 3.8) is 0 Å². The van der Waals surface area contributed by atoms with Gasteiger partial charge in [0.1, 0.15) is 5.60 Å². The summed E-state index contributed by atoms with van der Waals surface area (Å²) in [7, 11) is 4.04. The van der Waals surface area contributed by atoms with E-state index in [1.54, 1.807) is 6.20 Å². The molecule has 1 fully saturated rings. The van der Waals surface area contributed by atoms with Crippen LogP contribution in [0.3, 0.4) is 0 Å². The predicted octanol–water partition coefficient (Wildman–Crippen LogP) is 0.763. The fraction of sp³-hybridized carbons (Fsp3) is 0.750. The zero-order valence-corrected chi connectivity index (χ0v) is 12.5. The average Bonchev–Trinajstić information content (AvgIpc) is 3.11. The molecular formula is C12H21BrN4O. The van der Waals surface area contributed by atoms with Crippen LogP contribution >= 0.6 is 15.9 Å². The van der Waals surface area contributed by atoms with Gasteiger partial charge in [0.05, 0.1) is 22.9 Å². The molecular weight excluding hydrogens is 296 g/mol. The van der Waals surface area contributed by atoms with Gasteiger partial charge in [-0.1, -0.05) is 0 Å². The third kappa shape index (κ3) is 2.61. The van der Waals surface area contributed by atoms with Crippen LogP contribution < -0.4 is 5.73 Å². The van der Waals surface area contributed by atoms with Crippen LogP contribution in [0.4, 0.5) is 0 Å². The summed E-state index contributed by atoms with van der Waals surface area (Å²) in [4.78, 5) is 2.10. The molecule has 102 valence electrons. The molecule has 1 saturated carbocycles. The van der Waals surface area contributed by atoms with E-state index in [4.69, 9.17) is 5.73 Å². The fourth-order valence-corrected chi connectivity index (χ4v) is 2.91. The normalized spacial score (nSPS) is 19.2. The highest BCUT2D eigenvalue weighted by molar-refractivity contribution is 9.10. The third-order valence-electron chi connectivity index (χ3n) is 3.53. The summed E-state index contributed by atoms with van der Waals surface area (Å²) in [6.45, 7) is 1.87. The summed E-state index contributed by atoms with van der Waals surface area (Å²) in [5.74, 6) is 0.272. The average molecular weight is 317 g/mol. The van der Waals surface area contributed by atoms with Crippen molar-refractivity contribution in [2.24, 2.45) is 11.7 Å². The summed E-state index contributed by atoms with van der Waals surface area (Å²) < 4.78 is 2.72. The first kappa shape index (κ1) is 14.0. The van der Waals surface area contributed by atoms with Crippen LogP contribution in [0.15, 0.2) is 10.7 Å². The van der Waals surface area contributed by atoms with Gasteiger partial charge in [-0.2, -0.15) is 5.10 Å². The highest BCUT2D eigenvalue weighted by Crippen LogP contribution is 2.46. The first-order valence-corrected chi connectivity index (χ1v) is 7.07. The molecule has 1 aliphatic carbocycles. The first-order chi connectivity index (χ1) is 8.49. The van der Waals surface area contributed by atoms with Gasteiger partial charge in [0, 0.05) is 13.1 Å². The van der Waals surface area contributed by atoms with Gasteiger partial charge < -0.3 is 15.7 Å². The molecule has 0 aromatic carbocycles. The number of hydrogen-bond acceptors (Lipinski definition) is 4. The predicted molar refractivity (Wildman–Crippen MR) is 74.2 cm³/mol. The van der Waals surface area contributed by atoms with Crippen LogP contribution in [0.25, 0.3) is 0 Å². The molecule has 0 bridgehead atoms. The Morgan fingerprint density at radius 2 is 2.28 bits per heavy atom. The Kier molecular flexibility index (Phi) is 4.11. The number of halogens is 1. The lowest BCUT2D eigenvalue weighted by atomic mass is 9.93. The Bertz CT molecular complexity index is 416. The maximum absolute atomic E-state index is 10.8. The molecule has 0 spiro atoms. The van der Waals surface area contributed by atoms with Crippen LogP contribution in [0.2, 0.25) is 0 Å². The van der Waals surface area contributed by atoms with Gasteiger partial charge in [0.15, 0.2) is 0 Å². The van der Waals surface area contributed by atoms with Crippen molar-refractivity contribution < 1.29 is 5.11 Å². The lowest BCUT2D eigenvalue weighted by Gasteiger charge is -2.28. The summed E-state index contributed by atoms with van der Waals surface area (Å²) in [6.07, 6.45) is 3.83. The highest BCUT2D eigenvalue weighted by Gasteiger charge is 2.47. The molecule has 1 unspecified atom stereocenters. The van der Waals surface area contributed by atoms with Gasteiger partial charge in [-0.3, -0.25) is 4.68 Å². The van der Waals surface area contributed by atoms with Crippen molar-refractivity contribution in [2.75, 3.05) is 27.2 Å². The van der Waals surface area contributed by atoms with Gasteiger partial charge in [-0.25, -0.2) is 0 Å².